The fraction of sp³-hybridized carbons (Fsp3) is 0.652. The van der Waals surface area contributed by atoms with Gasteiger partial charge in [-0.25, -0.2) is 0 Å². The third-order valence-electron chi connectivity index (χ3n) is 5.94. The van der Waals surface area contributed by atoms with Crippen LogP contribution in [0.5, 0.6) is 11.5 Å². The smallest absolute Gasteiger partial charge is 0.127 e. The normalized spacial score (nSPS) is 18.4. The van der Waals surface area contributed by atoms with Crippen LogP contribution in [0.1, 0.15) is 90.2 Å². The second-order valence-electron chi connectivity index (χ2n) is 8.67. The van der Waals surface area contributed by atoms with Gasteiger partial charge in [0.25, 0.3) is 0 Å². The highest BCUT2D eigenvalue weighted by atomic mass is 16.3. The van der Waals surface area contributed by atoms with Crippen molar-refractivity contribution in [1.82, 2.24) is 0 Å². The molecule has 3 N–H and O–H groups in total. The Labute approximate surface area is 158 Å². The van der Waals surface area contributed by atoms with Crippen molar-refractivity contribution in [3.63, 3.8) is 0 Å². The summed E-state index contributed by atoms with van der Waals surface area (Å²) in [4.78, 5) is 0. The van der Waals surface area contributed by atoms with Gasteiger partial charge in [-0.3, -0.25) is 0 Å². The number of allylic oxidation sites excluding steroid dienone is 1. The maximum absolute atomic E-state index is 10.7. The van der Waals surface area contributed by atoms with E-state index in [1.807, 2.05) is 12.1 Å². The predicted molar refractivity (Wildman–Crippen MR) is 109 cm³/mol. The third kappa shape index (κ3) is 4.82. The lowest BCUT2D eigenvalue weighted by molar-refractivity contribution is 0.319. The van der Waals surface area contributed by atoms with Crippen LogP contribution in [0, 0.1) is 5.92 Å². The van der Waals surface area contributed by atoms with Gasteiger partial charge in [-0.1, -0.05) is 53.4 Å². The van der Waals surface area contributed by atoms with Crippen molar-refractivity contribution in [2.75, 3.05) is 6.61 Å². The molecule has 3 heteroatoms. The van der Waals surface area contributed by atoms with Crippen LogP contribution < -0.4 is 0 Å². The van der Waals surface area contributed by atoms with Gasteiger partial charge in [0, 0.05) is 0 Å². The van der Waals surface area contributed by atoms with Crippen LogP contribution >= 0.6 is 0 Å². The van der Waals surface area contributed by atoms with Gasteiger partial charge in [-0.15, -0.1) is 0 Å². The summed E-state index contributed by atoms with van der Waals surface area (Å²) in [6.45, 7) is 8.73. The van der Waals surface area contributed by atoms with Crippen molar-refractivity contribution in [2.24, 2.45) is 5.92 Å². The Balaban J connectivity index is 2.31. The van der Waals surface area contributed by atoms with Gasteiger partial charge in [0.05, 0.1) is 12.2 Å². The molecular formula is C23H36O3. The summed E-state index contributed by atoms with van der Waals surface area (Å²) in [6, 6.07) is 3.63. The molecule has 0 saturated carbocycles. The minimum Gasteiger partial charge on any atom is -0.507 e. The zero-order valence-corrected chi connectivity index (χ0v) is 16.9. The fourth-order valence-electron chi connectivity index (χ4n) is 4.07. The first kappa shape index (κ1) is 20.8. The molecule has 1 aromatic rings. The number of aliphatic hydroxyl groups is 1. The summed E-state index contributed by atoms with van der Waals surface area (Å²) >= 11 is 0. The van der Waals surface area contributed by atoms with Gasteiger partial charge < -0.3 is 15.3 Å². The molecule has 0 radical (unpaired) electrons. The van der Waals surface area contributed by atoms with E-state index >= 15 is 0 Å². The summed E-state index contributed by atoms with van der Waals surface area (Å²) in [5.41, 5.74) is 3.28. The topological polar surface area (TPSA) is 60.7 Å². The molecule has 1 aromatic carbocycles. The van der Waals surface area contributed by atoms with Crippen molar-refractivity contribution in [2.45, 2.75) is 84.5 Å². The van der Waals surface area contributed by atoms with Crippen LogP contribution in [0.15, 0.2) is 17.7 Å². The molecule has 1 aliphatic rings. The Morgan fingerprint density at radius 3 is 2.31 bits per heavy atom. The molecule has 0 fully saturated rings. The second-order valence-corrected chi connectivity index (χ2v) is 8.67. The minimum atomic E-state index is -0.0880. The van der Waals surface area contributed by atoms with Gasteiger partial charge in [0.15, 0.2) is 0 Å². The Hall–Kier alpha value is -1.48. The SMILES string of the molecule is CCCCCCC(C)(C)c1cc(O)c(C2=C(CO)CCC(C)C2)c(O)c1. The summed E-state index contributed by atoms with van der Waals surface area (Å²) in [5.74, 6) is 0.766. The average molecular weight is 361 g/mol. The number of aliphatic hydroxyl groups excluding tert-OH is 1. The van der Waals surface area contributed by atoms with Crippen LogP contribution in [-0.2, 0) is 5.41 Å². The lowest BCUT2D eigenvalue weighted by Crippen LogP contribution is -2.17. The number of phenolic OH excluding ortho intramolecular Hbond substituents is 2. The van der Waals surface area contributed by atoms with E-state index in [0.29, 0.717) is 11.5 Å². The third-order valence-corrected chi connectivity index (χ3v) is 5.94. The van der Waals surface area contributed by atoms with E-state index in [4.69, 9.17) is 0 Å². The number of hydrogen-bond acceptors (Lipinski definition) is 3. The number of hydrogen-bond donors (Lipinski definition) is 3. The van der Waals surface area contributed by atoms with Gasteiger partial charge in [-0.2, -0.15) is 0 Å². The maximum Gasteiger partial charge on any atom is 0.127 e. The summed E-state index contributed by atoms with van der Waals surface area (Å²) in [5, 5.41) is 31.1. The van der Waals surface area contributed by atoms with Crippen molar-refractivity contribution in [3.8, 4) is 11.5 Å². The molecule has 0 aromatic heterocycles. The first-order valence-corrected chi connectivity index (χ1v) is 10.2. The summed E-state index contributed by atoms with van der Waals surface area (Å²) in [7, 11) is 0. The quantitative estimate of drug-likeness (QED) is 0.505. The Kier molecular flexibility index (Phi) is 7.16. The highest BCUT2D eigenvalue weighted by Crippen LogP contribution is 2.45. The lowest BCUT2D eigenvalue weighted by Gasteiger charge is -2.29. The highest BCUT2D eigenvalue weighted by Gasteiger charge is 2.27. The molecule has 0 heterocycles. The zero-order chi connectivity index (χ0) is 19.3. The van der Waals surface area contributed by atoms with Gasteiger partial charge in [0.2, 0.25) is 0 Å². The van der Waals surface area contributed by atoms with Crippen LogP contribution in [-0.4, -0.2) is 21.9 Å². The van der Waals surface area contributed by atoms with Gasteiger partial charge in [0.1, 0.15) is 11.5 Å². The van der Waals surface area contributed by atoms with Gasteiger partial charge in [-0.05, 0) is 65.9 Å². The number of benzene rings is 1. The standard InChI is InChI=1S/C23H36O3/c1-5-6-7-8-11-23(3,4)18-13-20(25)22(21(26)14-18)19-12-16(2)9-10-17(19)15-24/h13-14,16,24-26H,5-12,15H2,1-4H3. The number of rotatable bonds is 8. The van der Waals surface area contributed by atoms with Crippen molar-refractivity contribution < 1.29 is 15.3 Å². The first-order chi connectivity index (χ1) is 12.3. The highest BCUT2D eigenvalue weighted by molar-refractivity contribution is 5.78. The van der Waals surface area contributed by atoms with Crippen LogP contribution in [0.2, 0.25) is 0 Å². The van der Waals surface area contributed by atoms with E-state index in [-0.39, 0.29) is 23.5 Å². The largest absolute Gasteiger partial charge is 0.507 e. The molecule has 26 heavy (non-hydrogen) atoms. The fourth-order valence-corrected chi connectivity index (χ4v) is 4.07. The molecule has 0 saturated heterocycles. The second kappa shape index (κ2) is 8.94. The van der Waals surface area contributed by atoms with E-state index in [9.17, 15) is 15.3 Å². The molecule has 3 nitrogen and oxygen atoms in total. The molecule has 0 aliphatic heterocycles. The molecule has 0 spiro atoms. The van der Waals surface area contributed by atoms with Gasteiger partial charge >= 0.3 is 0 Å². The molecule has 1 unspecified atom stereocenters. The minimum absolute atomic E-state index is 0.00833. The van der Waals surface area contributed by atoms with Crippen LogP contribution in [0.25, 0.3) is 5.57 Å². The lowest BCUT2D eigenvalue weighted by atomic mass is 9.77. The summed E-state index contributed by atoms with van der Waals surface area (Å²) < 4.78 is 0. The van der Waals surface area contributed by atoms with Crippen molar-refractivity contribution in [1.29, 1.82) is 0 Å². The maximum atomic E-state index is 10.7. The number of phenols is 2. The van der Waals surface area contributed by atoms with Crippen molar-refractivity contribution in [3.05, 3.63) is 28.8 Å². The van der Waals surface area contributed by atoms with E-state index in [2.05, 4.69) is 27.7 Å². The van der Waals surface area contributed by atoms with Crippen molar-refractivity contribution >= 4 is 5.57 Å². The van der Waals surface area contributed by atoms with E-state index in [0.717, 1.165) is 48.8 Å². The van der Waals surface area contributed by atoms with Crippen LogP contribution in [0.4, 0.5) is 0 Å². The van der Waals surface area contributed by atoms with E-state index in [1.165, 1.54) is 19.3 Å². The molecular weight excluding hydrogens is 324 g/mol. The molecule has 1 atom stereocenters. The first-order valence-electron chi connectivity index (χ1n) is 10.2. The monoisotopic (exact) mass is 360 g/mol. The Morgan fingerprint density at radius 2 is 1.73 bits per heavy atom. The Morgan fingerprint density at radius 1 is 1.08 bits per heavy atom. The summed E-state index contributed by atoms with van der Waals surface area (Å²) in [6.07, 6.45) is 8.55. The molecule has 0 bridgehead atoms. The van der Waals surface area contributed by atoms with E-state index < -0.39 is 0 Å². The molecule has 1 aliphatic carbocycles. The molecule has 2 rings (SSSR count). The molecule has 146 valence electrons. The number of aromatic hydroxyl groups is 2. The average Bonchev–Trinajstić information content (AvgIpc) is 2.58. The predicted octanol–water partition coefficient (Wildman–Crippen LogP) is 5.91. The van der Waals surface area contributed by atoms with Crippen LogP contribution in [0.3, 0.4) is 0 Å². The zero-order valence-electron chi connectivity index (χ0n) is 16.9. The molecule has 0 amide bonds. The van der Waals surface area contributed by atoms with E-state index in [1.54, 1.807) is 0 Å². The number of unbranched alkanes of at least 4 members (excludes halogenated alkanes) is 3. The Bertz CT molecular complexity index is 620.